The Morgan fingerprint density at radius 3 is 2.71 bits per heavy atom. The molecule has 0 unspecified atom stereocenters. The number of hydrogen-bond donors (Lipinski definition) is 1. The molecule has 0 fully saturated rings. The van der Waals surface area contributed by atoms with Crippen LogP contribution < -0.4 is 5.32 Å². The number of nitro groups is 1. The number of rotatable bonds is 5. The Morgan fingerprint density at radius 1 is 1.59 bits per heavy atom. The summed E-state index contributed by atoms with van der Waals surface area (Å²) >= 11 is 3.34. The normalized spacial score (nSPS) is 11.2. The third-order valence-corrected chi connectivity index (χ3v) is 3.60. The summed E-state index contributed by atoms with van der Waals surface area (Å²) in [7, 11) is 0. The van der Waals surface area contributed by atoms with Crippen molar-refractivity contribution in [2.75, 3.05) is 11.9 Å². The highest BCUT2D eigenvalue weighted by Gasteiger charge is 2.21. The van der Waals surface area contributed by atoms with Crippen LogP contribution in [0.2, 0.25) is 0 Å². The quantitative estimate of drug-likeness (QED) is 0.514. The Balaban J connectivity index is 2.61. The molecule has 1 N–H and O–H groups in total. The van der Waals surface area contributed by atoms with E-state index < -0.39 is 16.7 Å². The zero-order valence-electron chi connectivity index (χ0n) is 9.53. The molecule has 0 aromatic carbocycles. The number of alkyl halides is 1. The van der Waals surface area contributed by atoms with Crippen molar-refractivity contribution in [3.05, 3.63) is 28.0 Å². The molecule has 0 atom stereocenters. The fourth-order valence-corrected chi connectivity index (χ4v) is 1.20. The first-order valence-corrected chi connectivity index (χ1v) is 6.06. The summed E-state index contributed by atoms with van der Waals surface area (Å²) < 4.78 is 4.78. The largest absolute Gasteiger partial charge is 0.433 e. The Morgan fingerprint density at radius 2 is 2.24 bits per heavy atom. The monoisotopic (exact) mass is 304 g/mol. The molecule has 0 aliphatic rings. The van der Waals surface area contributed by atoms with Crippen molar-refractivity contribution in [3.8, 4) is 0 Å². The maximum Gasteiger partial charge on any atom is 0.433 e. The minimum Gasteiger partial charge on any atom is -0.395 e. The van der Waals surface area contributed by atoms with Gasteiger partial charge in [-0.25, -0.2) is 0 Å². The lowest BCUT2D eigenvalue weighted by Crippen LogP contribution is -2.34. The molecule has 1 aromatic rings. The SMILES string of the molecule is CC(C)(CBr)CNC(=O)c1ccc([N+](=O)[O-])o1. The van der Waals surface area contributed by atoms with Gasteiger partial charge in [-0.05, 0) is 11.5 Å². The summed E-state index contributed by atoms with van der Waals surface area (Å²) in [5.41, 5.74) is -0.0891. The molecule has 94 valence electrons. The van der Waals surface area contributed by atoms with Crippen molar-refractivity contribution < 1.29 is 14.1 Å². The van der Waals surface area contributed by atoms with Crippen molar-refractivity contribution >= 4 is 27.7 Å². The lowest BCUT2D eigenvalue weighted by Gasteiger charge is -2.21. The molecule has 1 rings (SSSR count). The number of nitrogens with one attached hydrogen (secondary N) is 1. The first-order valence-electron chi connectivity index (χ1n) is 4.94. The topological polar surface area (TPSA) is 85.4 Å². The van der Waals surface area contributed by atoms with Gasteiger partial charge in [0, 0.05) is 11.9 Å². The predicted molar refractivity (Wildman–Crippen MR) is 65.3 cm³/mol. The Hall–Kier alpha value is -1.37. The average Bonchev–Trinajstić information content (AvgIpc) is 2.75. The molecule has 7 heteroatoms. The summed E-state index contributed by atoms with van der Waals surface area (Å²) in [5, 5.41) is 13.8. The van der Waals surface area contributed by atoms with Gasteiger partial charge in [-0.2, -0.15) is 0 Å². The number of carbonyl (C=O) groups is 1. The second-order valence-electron chi connectivity index (χ2n) is 4.38. The molecule has 0 aliphatic carbocycles. The first kappa shape index (κ1) is 13.7. The van der Waals surface area contributed by atoms with Crippen molar-refractivity contribution in [3.63, 3.8) is 0 Å². The van der Waals surface area contributed by atoms with Gasteiger partial charge in [0.1, 0.15) is 4.92 Å². The van der Waals surface area contributed by atoms with Gasteiger partial charge < -0.3 is 9.73 Å². The van der Waals surface area contributed by atoms with E-state index in [0.717, 1.165) is 11.4 Å². The molecule has 6 nitrogen and oxygen atoms in total. The second kappa shape index (κ2) is 5.31. The third kappa shape index (κ3) is 3.85. The molecule has 0 bridgehead atoms. The maximum atomic E-state index is 11.6. The van der Waals surface area contributed by atoms with Gasteiger partial charge in [0.25, 0.3) is 5.91 Å². The smallest absolute Gasteiger partial charge is 0.395 e. The van der Waals surface area contributed by atoms with Crippen LogP contribution in [-0.2, 0) is 0 Å². The van der Waals surface area contributed by atoms with Crippen LogP contribution >= 0.6 is 15.9 Å². The van der Waals surface area contributed by atoms with E-state index >= 15 is 0 Å². The van der Waals surface area contributed by atoms with Crippen LogP contribution in [0.25, 0.3) is 0 Å². The van der Waals surface area contributed by atoms with Crippen molar-refractivity contribution in [1.29, 1.82) is 0 Å². The van der Waals surface area contributed by atoms with Gasteiger partial charge in [0.15, 0.2) is 5.76 Å². The minimum atomic E-state index is -0.681. The van der Waals surface area contributed by atoms with Gasteiger partial charge in [0.2, 0.25) is 0 Å². The van der Waals surface area contributed by atoms with Crippen LogP contribution in [0.15, 0.2) is 16.5 Å². The molecular formula is C10H13BrN2O4. The van der Waals surface area contributed by atoms with E-state index in [4.69, 9.17) is 4.42 Å². The molecule has 0 spiro atoms. The fourth-order valence-electron chi connectivity index (χ4n) is 1.00. The van der Waals surface area contributed by atoms with E-state index in [9.17, 15) is 14.9 Å². The maximum absolute atomic E-state index is 11.6. The molecule has 1 amide bonds. The molecule has 0 saturated heterocycles. The van der Waals surface area contributed by atoms with Crippen molar-refractivity contribution in [2.24, 2.45) is 5.41 Å². The molecule has 0 saturated carbocycles. The molecule has 0 radical (unpaired) electrons. The standard InChI is InChI=1S/C10H13BrN2O4/c1-10(2,5-11)6-12-9(14)7-3-4-8(17-7)13(15)16/h3-4H,5-6H2,1-2H3,(H,12,14). The van der Waals surface area contributed by atoms with Crippen molar-refractivity contribution in [2.45, 2.75) is 13.8 Å². The lowest BCUT2D eigenvalue weighted by atomic mass is 9.97. The van der Waals surface area contributed by atoms with E-state index in [0.29, 0.717) is 6.54 Å². The van der Waals surface area contributed by atoms with Crippen LogP contribution in [0.3, 0.4) is 0 Å². The summed E-state index contributed by atoms with van der Waals surface area (Å²) in [4.78, 5) is 21.3. The summed E-state index contributed by atoms with van der Waals surface area (Å²) in [6.07, 6.45) is 0. The Kier molecular flexibility index (Phi) is 4.28. The average molecular weight is 305 g/mol. The summed E-state index contributed by atoms with van der Waals surface area (Å²) in [6, 6.07) is 2.44. The number of carbonyl (C=O) groups excluding carboxylic acids is 1. The minimum absolute atomic E-state index is 0.0536. The molecular weight excluding hydrogens is 292 g/mol. The number of hydrogen-bond acceptors (Lipinski definition) is 4. The van der Waals surface area contributed by atoms with Gasteiger partial charge in [-0.15, -0.1) is 0 Å². The van der Waals surface area contributed by atoms with E-state index in [-0.39, 0.29) is 11.2 Å². The van der Waals surface area contributed by atoms with E-state index in [1.54, 1.807) is 0 Å². The highest BCUT2D eigenvalue weighted by atomic mass is 79.9. The number of halogens is 1. The van der Waals surface area contributed by atoms with Crippen LogP contribution in [0.5, 0.6) is 0 Å². The lowest BCUT2D eigenvalue weighted by molar-refractivity contribution is -0.402. The van der Waals surface area contributed by atoms with Crippen LogP contribution in [0.1, 0.15) is 24.4 Å². The van der Waals surface area contributed by atoms with Crippen LogP contribution in [-0.4, -0.2) is 22.7 Å². The number of amides is 1. The highest BCUT2D eigenvalue weighted by molar-refractivity contribution is 9.09. The second-order valence-corrected chi connectivity index (χ2v) is 4.94. The zero-order valence-corrected chi connectivity index (χ0v) is 11.1. The first-order chi connectivity index (χ1) is 7.85. The van der Waals surface area contributed by atoms with Crippen LogP contribution in [0, 0.1) is 15.5 Å². The highest BCUT2D eigenvalue weighted by Crippen LogP contribution is 2.18. The van der Waals surface area contributed by atoms with Gasteiger partial charge >= 0.3 is 5.88 Å². The zero-order chi connectivity index (χ0) is 13.1. The number of furan rings is 1. The van der Waals surface area contributed by atoms with Crippen LogP contribution in [0.4, 0.5) is 5.88 Å². The molecule has 1 heterocycles. The van der Waals surface area contributed by atoms with E-state index in [1.807, 2.05) is 13.8 Å². The molecule has 1 aromatic heterocycles. The fraction of sp³-hybridized carbons (Fsp3) is 0.500. The molecule has 0 aliphatic heterocycles. The summed E-state index contributed by atoms with van der Waals surface area (Å²) in [5.74, 6) is -0.941. The van der Waals surface area contributed by atoms with Gasteiger partial charge in [-0.1, -0.05) is 29.8 Å². The third-order valence-electron chi connectivity index (χ3n) is 2.08. The Bertz CT molecular complexity index is 428. The van der Waals surface area contributed by atoms with E-state index in [2.05, 4.69) is 21.2 Å². The number of nitrogens with zero attached hydrogens (tertiary/aromatic N) is 1. The van der Waals surface area contributed by atoms with Gasteiger partial charge in [0.05, 0.1) is 6.07 Å². The molecule has 17 heavy (non-hydrogen) atoms. The van der Waals surface area contributed by atoms with Crippen molar-refractivity contribution in [1.82, 2.24) is 5.32 Å². The van der Waals surface area contributed by atoms with E-state index in [1.165, 1.54) is 6.07 Å². The summed E-state index contributed by atoms with van der Waals surface area (Å²) in [6.45, 7) is 4.41. The Labute approximate surface area is 107 Å². The van der Waals surface area contributed by atoms with Gasteiger partial charge in [-0.3, -0.25) is 14.9 Å². The predicted octanol–water partition coefficient (Wildman–Crippen LogP) is 2.34.